The second kappa shape index (κ2) is 5.21. The van der Waals surface area contributed by atoms with Crippen LogP contribution < -0.4 is 0 Å². The molecule has 5 heteroatoms. The van der Waals surface area contributed by atoms with Crippen LogP contribution >= 0.6 is 0 Å². The molecule has 0 aliphatic carbocycles. The summed E-state index contributed by atoms with van der Waals surface area (Å²) in [5, 5.41) is 19.0. The van der Waals surface area contributed by atoms with E-state index in [9.17, 15) is 0 Å². The van der Waals surface area contributed by atoms with E-state index in [1.165, 1.54) is 0 Å². The van der Waals surface area contributed by atoms with Crippen LogP contribution in [-0.2, 0) is 11.3 Å². The van der Waals surface area contributed by atoms with E-state index >= 15 is 0 Å². The largest absolute Gasteiger partial charge is 0.358 e. The van der Waals surface area contributed by atoms with Crippen molar-refractivity contribution < 1.29 is 0 Å². The molecule has 6 rings (SSSR count). The molecule has 0 atom stereocenters. The van der Waals surface area contributed by atoms with Crippen LogP contribution in [-0.4, -0.2) is 11.9 Å². The summed E-state index contributed by atoms with van der Waals surface area (Å²) in [4.78, 5) is 2.04. The van der Waals surface area contributed by atoms with Crippen LogP contribution in [0.25, 0.3) is 0 Å². The molecule has 0 saturated carbocycles. The Balaban J connectivity index is 1.73. The molecule has 4 heterocycles. The molecular weight excluding hydrogens is 322 g/mol. The van der Waals surface area contributed by atoms with E-state index < -0.39 is 16.7 Å². The highest BCUT2D eigenvalue weighted by molar-refractivity contribution is 5.40. The lowest BCUT2D eigenvalue weighted by Gasteiger charge is -2.51. The maximum absolute atomic E-state index is 4.79. The predicted octanol–water partition coefficient (Wildman–Crippen LogP) is 4.97. The van der Waals surface area contributed by atoms with E-state index in [1.54, 1.807) is 0 Å². The third-order valence-corrected chi connectivity index (χ3v) is 5.53. The van der Waals surface area contributed by atoms with Crippen molar-refractivity contribution in [2.45, 2.75) is 17.7 Å². The number of hydrogen-bond acceptors (Lipinski definition) is 5. The maximum Gasteiger partial charge on any atom is 0.228 e. The molecule has 0 radical (unpaired) electrons. The Morgan fingerprint density at radius 2 is 1.27 bits per heavy atom. The first-order chi connectivity index (χ1) is 12.7. The molecule has 2 aromatic carbocycles. The molecule has 26 heavy (non-hydrogen) atoms. The average Bonchev–Trinajstić information content (AvgIpc) is 2.72. The number of benzene rings is 2. The Hall–Kier alpha value is -3.08. The van der Waals surface area contributed by atoms with E-state index in [1.807, 2.05) is 48.3 Å². The third kappa shape index (κ3) is 1.91. The average molecular weight is 341 g/mol. The Kier molecular flexibility index (Phi) is 3.04. The maximum atomic E-state index is 4.79. The SMILES string of the molecule is CN1C=CC2(C=C1)CC1(c3ccccc3)N=NC2(c2ccccc2)N=N1. The fourth-order valence-electron chi connectivity index (χ4n) is 4.07. The third-order valence-electron chi connectivity index (χ3n) is 5.53. The Morgan fingerprint density at radius 3 is 1.85 bits per heavy atom. The summed E-state index contributed by atoms with van der Waals surface area (Å²) < 4.78 is 0. The first-order valence-corrected chi connectivity index (χ1v) is 8.78. The molecule has 0 N–H and O–H groups in total. The van der Waals surface area contributed by atoms with Gasteiger partial charge in [0.2, 0.25) is 11.3 Å². The minimum atomic E-state index is -0.848. The number of nitrogens with zero attached hydrogens (tertiary/aromatic N) is 5. The van der Waals surface area contributed by atoms with Gasteiger partial charge in [-0.3, -0.25) is 0 Å². The van der Waals surface area contributed by atoms with Crippen LogP contribution in [0.1, 0.15) is 17.5 Å². The zero-order chi connectivity index (χ0) is 17.7. The zero-order valence-corrected chi connectivity index (χ0v) is 14.5. The van der Waals surface area contributed by atoms with Crippen LogP contribution in [0.5, 0.6) is 0 Å². The van der Waals surface area contributed by atoms with Crippen LogP contribution in [0.15, 0.2) is 106 Å². The normalized spacial score (nSPS) is 30.3. The lowest BCUT2D eigenvalue weighted by molar-refractivity contribution is 0.0700. The van der Waals surface area contributed by atoms with E-state index in [-0.39, 0.29) is 0 Å². The monoisotopic (exact) mass is 341 g/mol. The minimum Gasteiger partial charge on any atom is -0.358 e. The molecule has 0 amide bonds. The molecule has 0 fully saturated rings. The van der Waals surface area contributed by atoms with E-state index in [0.717, 1.165) is 11.1 Å². The van der Waals surface area contributed by atoms with Crippen molar-refractivity contribution in [3.8, 4) is 0 Å². The van der Waals surface area contributed by atoms with Gasteiger partial charge in [-0.1, -0.05) is 72.8 Å². The second-order valence-corrected chi connectivity index (χ2v) is 7.13. The van der Waals surface area contributed by atoms with Crippen LogP contribution in [0, 0.1) is 5.41 Å². The quantitative estimate of drug-likeness (QED) is 0.760. The van der Waals surface area contributed by atoms with Crippen molar-refractivity contribution in [2.75, 3.05) is 7.05 Å². The smallest absolute Gasteiger partial charge is 0.228 e. The first kappa shape index (κ1) is 15.2. The Bertz CT molecular complexity index is 915. The Morgan fingerprint density at radius 1 is 0.731 bits per heavy atom. The van der Waals surface area contributed by atoms with Gasteiger partial charge in [-0.2, -0.15) is 20.5 Å². The van der Waals surface area contributed by atoms with Gasteiger partial charge in [-0.05, 0) is 0 Å². The summed E-state index contributed by atoms with van der Waals surface area (Å²) >= 11 is 0. The highest BCUT2D eigenvalue weighted by Gasteiger charge is 2.63. The van der Waals surface area contributed by atoms with Crippen LogP contribution in [0.3, 0.4) is 0 Å². The summed E-state index contributed by atoms with van der Waals surface area (Å²) in [5.74, 6) is 0. The minimum absolute atomic E-state index is 0.403. The fourth-order valence-corrected chi connectivity index (χ4v) is 4.07. The van der Waals surface area contributed by atoms with Crippen molar-refractivity contribution in [3.63, 3.8) is 0 Å². The van der Waals surface area contributed by atoms with Crippen LogP contribution in [0.2, 0.25) is 0 Å². The van der Waals surface area contributed by atoms with Gasteiger partial charge >= 0.3 is 0 Å². The summed E-state index contributed by atoms with van der Waals surface area (Å²) in [5.41, 5.74) is 0.0171. The van der Waals surface area contributed by atoms with Gasteiger partial charge in [0.1, 0.15) is 0 Å². The molecule has 128 valence electrons. The van der Waals surface area contributed by atoms with Crippen molar-refractivity contribution in [1.82, 2.24) is 4.90 Å². The van der Waals surface area contributed by atoms with Gasteiger partial charge in [-0.15, -0.1) is 0 Å². The zero-order valence-electron chi connectivity index (χ0n) is 14.5. The molecular formula is C21H19N5. The topological polar surface area (TPSA) is 52.7 Å². The number of azo groups is 2. The molecule has 4 aliphatic heterocycles. The lowest BCUT2D eigenvalue weighted by atomic mass is 9.64. The van der Waals surface area contributed by atoms with E-state index in [0.29, 0.717) is 6.42 Å². The van der Waals surface area contributed by atoms with Crippen molar-refractivity contribution in [1.29, 1.82) is 0 Å². The highest BCUT2D eigenvalue weighted by atomic mass is 15.5. The summed E-state index contributed by atoms with van der Waals surface area (Å²) in [7, 11) is 2.02. The fraction of sp³-hybridized carbons (Fsp3) is 0.238. The number of rotatable bonds is 2. The number of hydrogen-bond donors (Lipinski definition) is 0. The molecule has 0 aromatic heterocycles. The molecule has 4 aliphatic rings. The van der Waals surface area contributed by atoms with Gasteiger partial charge in [0.05, 0.1) is 5.41 Å². The molecule has 1 spiro atoms. The van der Waals surface area contributed by atoms with Gasteiger partial charge in [0, 0.05) is 37.0 Å². The predicted molar refractivity (Wildman–Crippen MR) is 99.0 cm³/mol. The molecule has 2 bridgehead atoms. The summed E-state index contributed by atoms with van der Waals surface area (Å²) in [6.07, 6.45) is 9.26. The first-order valence-electron chi connectivity index (χ1n) is 8.78. The van der Waals surface area contributed by atoms with Gasteiger partial charge in [0.25, 0.3) is 0 Å². The van der Waals surface area contributed by atoms with Crippen molar-refractivity contribution >= 4 is 0 Å². The Labute approximate surface area is 152 Å². The standard InChI is InChI=1S/C21H19N5/c1-26-14-12-19(13-15-26)16-20(17-8-4-2-5-9-17)22-24-21(19,25-23-20)18-10-6-3-7-11-18/h2-15H,16H2,1H3. The summed E-state index contributed by atoms with van der Waals surface area (Å²) in [6.45, 7) is 0. The van der Waals surface area contributed by atoms with Crippen molar-refractivity contribution in [3.05, 3.63) is 96.3 Å². The second-order valence-electron chi connectivity index (χ2n) is 7.13. The molecule has 0 saturated heterocycles. The van der Waals surface area contributed by atoms with Gasteiger partial charge in [0.15, 0.2) is 0 Å². The molecule has 0 unspecified atom stereocenters. The summed E-state index contributed by atoms with van der Waals surface area (Å²) in [6, 6.07) is 20.3. The molecule has 2 aromatic rings. The molecule has 5 nitrogen and oxygen atoms in total. The van der Waals surface area contributed by atoms with Gasteiger partial charge in [-0.25, -0.2) is 0 Å². The van der Waals surface area contributed by atoms with E-state index in [4.69, 9.17) is 20.5 Å². The highest BCUT2D eigenvalue weighted by Crippen LogP contribution is 2.62. The van der Waals surface area contributed by atoms with E-state index in [2.05, 4.69) is 48.8 Å². The van der Waals surface area contributed by atoms with Crippen molar-refractivity contribution in [2.24, 2.45) is 25.9 Å². The lowest BCUT2D eigenvalue weighted by Crippen LogP contribution is -2.52. The van der Waals surface area contributed by atoms with Gasteiger partial charge < -0.3 is 4.90 Å². The van der Waals surface area contributed by atoms with Crippen LogP contribution in [0.4, 0.5) is 0 Å².